The van der Waals surface area contributed by atoms with Crippen molar-refractivity contribution in [2.24, 2.45) is 0 Å². The van der Waals surface area contributed by atoms with Crippen LogP contribution in [0.25, 0.3) is 6.08 Å². The molecule has 0 unspecified atom stereocenters. The smallest absolute Gasteiger partial charge is 0.328 e. The van der Waals surface area contributed by atoms with Gasteiger partial charge in [-0.1, -0.05) is 7.43 Å². The number of carboxylic acid groups (broad SMARTS) is 1. The topological polar surface area (TPSA) is 65.0 Å². The Morgan fingerprint density at radius 2 is 1.61 bits per heavy atom. The summed E-state index contributed by atoms with van der Waals surface area (Å²) in [6.07, 6.45) is 2.49. The third-order valence-electron chi connectivity index (χ3n) is 2.11. The molecule has 5 nitrogen and oxygen atoms in total. The highest BCUT2D eigenvalue weighted by atomic mass is 16.5. The summed E-state index contributed by atoms with van der Waals surface area (Å²) in [4.78, 5) is 10.4. The summed E-state index contributed by atoms with van der Waals surface area (Å²) in [5, 5.41) is 8.55. The number of aliphatic carboxylic acids is 1. The van der Waals surface area contributed by atoms with Crippen LogP contribution in [-0.4, -0.2) is 32.4 Å². The number of hydrogen-bond acceptors (Lipinski definition) is 4. The van der Waals surface area contributed by atoms with E-state index in [-0.39, 0.29) is 7.43 Å². The molecule has 0 spiro atoms. The van der Waals surface area contributed by atoms with Crippen LogP contribution < -0.4 is 14.2 Å². The zero-order chi connectivity index (χ0) is 12.8. The van der Waals surface area contributed by atoms with E-state index in [9.17, 15) is 4.79 Å². The van der Waals surface area contributed by atoms with Gasteiger partial charge in [0.2, 0.25) is 5.75 Å². The van der Waals surface area contributed by atoms with Gasteiger partial charge in [-0.05, 0) is 23.8 Å². The first kappa shape index (κ1) is 15.8. The second kappa shape index (κ2) is 7.21. The maximum atomic E-state index is 10.4. The van der Waals surface area contributed by atoms with Gasteiger partial charge >= 0.3 is 5.97 Å². The molecule has 5 heteroatoms. The van der Waals surface area contributed by atoms with Crippen LogP contribution in [0.2, 0.25) is 0 Å². The largest absolute Gasteiger partial charge is 0.493 e. The molecular weight excluding hydrogens is 236 g/mol. The van der Waals surface area contributed by atoms with Gasteiger partial charge in [0.15, 0.2) is 11.5 Å². The first-order valence-electron chi connectivity index (χ1n) is 4.83. The lowest BCUT2D eigenvalue weighted by molar-refractivity contribution is -0.131. The van der Waals surface area contributed by atoms with Crippen LogP contribution in [0.3, 0.4) is 0 Å². The number of carbonyl (C=O) groups is 1. The highest BCUT2D eigenvalue weighted by molar-refractivity contribution is 5.85. The molecule has 0 fully saturated rings. The van der Waals surface area contributed by atoms with Crippen LogP contribution in [0.4, 0.5) is 0 Å². The van der Waals surface area contributed by atoms with E-state index >= 15 is 0 Å². The van der Waals surface area contributed by atoms with E-state index in [4.69, 9.17) is 19.3 Å². The minimum absolute atomic E-state index is 0. The van der Waals surface area contributed by atoms with Crippen molar-refractivity contribution in [1.29, 1.82) is 0 Å². The Morgan fingerprint density at radius 1 is 1.11 bits per heavy atom. The van der Waals surface area contributed by atoms with Crippen LogP contribution >= 0.6 is 0 Å². The fraction of sp³-hybridized carbons (Fsp3) is 0.308. The Labute approximate surface area is 107 Å². The zero-order valence-electron chi connectivity index (χ0n) is 9.89. The molecule has 0 heterocycles. The Bertz CT molecular complexity index is 412. The van der Waals surface area contributed by atoms with E-state index in [2.05, 4.69) is 0 Å². The molecule has 0 atom stereocenters. The summed E-state index contributed by atoms with van der Waals surface area (Å²) in [6, 6.07) is 3.33. The summed E-state index contributed by atoms with van der Waals surface area (Å²) < 4.78 is 15.4. The number of ether oxygens (including phenoxy) is 3. The molecule has 0 amide bonds. The van der Waals surface area contributed by atoms with Gasteiger partial charge in [-0.25, -0.2) is 4.79 Å². The molecule has 0 bridgehead atoms. The van der Waals surface area contributed by atoms with Gasteiger partial charge in [0, 0.05) is 6.08 Å². The molecule has 0 saturated carbocycles. The van der Waals surface area contributed by atoms with Crippen molar-refractivity contribution in [1.82, 2.24) is 0 Å². The zero-order valence-corrected chi connectivity index (χ0v) is 9.89. The van der Waals surface area contributed by atoms with E-state index in [1.165, 1.54) is 27.4 Å². The van der Waals surface area contributed by atoms with Gasteiger partial charge < -0.3 is 19.3 Å². The minimum Gasteiger partial charge on any atom is -0.493 e. The molecule has 0 radical (unpaired) electrons. The van der Waals surface area contributed by atoms with Crippen molar-refractivity contribution in [3.05, 3.63) is 23.8 Å². The third kappa shape index (κ3) is 3.69. The van der Waals surface area contributed by atoms with Crippen molar-refractivity contribution < 1.29 is 24.1 Å². The van der Waals surface area contributed by atoms with Crippen LogP contribution in [0.1, 0.15) is 13.0 Å². The number of methoxy groups -OCH3 is 3. The van der Waals surface area contributed by atoms with Crippen LogP contribution in [0.5, 0.6) is 17.2 Å². The molecule has 0 aliphatic heterocycles. The Hall–Kier alpha value is -2.17. The van der Waals surface area contributed by atoms with Crippen LogP contribution in [0.15, 0.2) is 18.2 Å². The summed E-state index contributed by atoms with van der Waals surface area (Å²) in [6.45, 7) is 0. The predicted octanol–water partition coefficient (Wildman–Crippen LogP) is 2.45. The maximum Gasteiger partial charge on any atom is 0.328 e. The molecule has 1 aromatic rings. The number of carboxylic acids is 1. The molecule has 100 valence electrons. The fourth-order valence-electron chi connectivity index (χ4n) is 1.37. The standard InChI is InChI=1S/C12H14O5.CH4/c1-15-9-6-8(4-5-11(13)14)7-10(16-2)12(9)17-3;/h4-7H,1-3H3,(H,13,14);1H4/b5-4+;. The molecule has 1 N–H and O–H groups in total. The van der Waals surface area contributed by atoms with E-state index in [1.54, 1.807) is 12.1 Å². The van der Waals surface area contributed by atoms with Gasteiger partial charge in [-0.15, -0.1) is 0 Å². The lowest BCUT2D eigenvalue weighted by Crippen LogP contribution is -1.95. The second-order valence-corrected chi connectivity index (χ2v) is 3.13. The van der Waals surface area contributed by atoms with Crippen molar-refractivity contribution >= 4 is 12.0 Å². The Morgan fingerprint density at radius 3 is 1.94 bits per heavy atom. The van der Waals surface area contributed by atoms with Crippen molar-refractivity contribution in [2.45, 2.75) is 7.43 Å². The monoisotopic (exact) mass is 254 g/mol. The summed E-state index contributed by atoms with van der Waals surface area (Å²) in [5.41, 5.74) is 0.655. The van der Waals surface area contributed by atoms with Crippen molar-refractivity contribution in [3.8, 4) is 17.2 Å². The van der Waals surface area contributed by atoms with Crippen molar-refractivity contribution in [2.75, 3.05) is 21.3 Å². The SMILES string of the molecule is C.COc1cc(/C=C/C(=O)O)cc(OC)c1OC. The summed E-state index contributed by atoms with van der Waals surface area (Å²) in [7, 11) is 4.51. The molecule has 1 aromatic carbocycles. The molecular formula is C13H18O5. The van der Waals surface area contributed by atoms with E-state index < -0.39 is 5.97 Å². The average molecular weight is 254 g/mol. The van der Waals surface area contributed by atoms with Gasteiger partial charge in [-0.2, -0.15) is 0 Å². The summed E-state index contributed by atoms with van der Waals surface area (Å²) >= 11 is 0. The highest BCUT2D eigenvalue weighted by Crippen LogP contribution is 2.38. The molecule has 18 heavy (non-hydrogen) atoms. The van der Waals surface area contributed by atoms with Gasteiger partial charge in [0.25, 0.3) is 0 Å². The molecule has 0 aliphatic carbocycles. The number of benzene rings is 1. The van der Waals surface area contributed by atoms with Crippen LogP contribution in [-0.2, 0) is 4.79 Å². The fourth-order valence-corrected chi connectivity index (χ4v) is 1.37. The predicted molar refractivity (Wildman–Crippen MR) is 69.5 cm³/mol. The minimum atomic E-state index is -1.02. The summed E-state index contributed by atoms with van der Waals surface area (Å²) in [5.74, 6) is 0.426. The van der Waals surface area contributed by atoms with E-state index in [0.29, 0.717) is 22.8 Å². The number of hydrogen-bond donors (Lipinski definition) is 1. The van der Waals surface area contributed by atoms with Gasteiger partial charge in [-0.3, -0.25) is 0 Å². The maximum absolute atomic E-state index is 10.4. The van der Waals surface area contributed by atoms with Gasteiger partial charge in [0.1, 0.15) is 0 Å². The van der Waals surface area contributed by atoms with E-state index in [1.807, 2.05) is 0 Å². The highest BCUT2D eigenvalue weighted by Gasteiger charge is 2.11. The first-order chi connectivity index (χ1) is 8.12. The quantitative estimate of drug-likeness (QED) is 0.817. The van der Waals surface area contributed by atoms with Crippen molar-refractivity contribution in [3.63, 3.8) is 0 Å². The number of rotatable bonds is 5. The molecule has 0 saturated heterocycles. The second-order valence-electron chi connectivity index (χ2n) is 3.13. The first-order valence-corrected chi connectivity index (χ1v) is 4.83. The van der Waals surface area contributed by atoms with Crippen LogP contribution in [0, 0.1) is 0 Å². The van der Waals surface area contributed by atoms with E-state index in [0.717, 1.165) is 6.08 Å². The normalized spacial score (nSPS) is 9.72. The molecule has 0 aliphatic rings. The lowest BCUT2D eigenvalue weighted by Gasteiger charge is -2.12. The van der Waals surface area contributed by atoms with Gasteiger partial charge in [0.05, 0.1) is 21.3 Å². The average Bonchev–Trinajstić information content (AvgIpc) is 2.34. The lowest BCUT2D eigenvalue weighted by atomic mass is 10.1. The Kier molecular flexibility index (Phi) is 6.34. The Balaban J connectivity index is 0.00000289. The molecule has 1 rings (SSSR count). The molecule has 0 aromatic heterocycles. The third-order valence-corrected chi connectivity index (χ3v) is 2.11.